The summed E-state index contributed by atoms with van der Waals surface area (Å²) in [6.07, 6.45) is 6.12. The summed E-state index contributed by atoms with van der Waals surface area (Å²) in [6.45, 7) is 2.37. The van der Waals surface area contributed by atoms with E-state index in [0.29, 0.717) is 6.61 Å². The van der Waals surface area contributed by atoms with Gasteiger partial charge in [0.05, 0.1) is 13.2 Å². The Morgan fingerprint density at radius 2 is 1.44 bits per heavy atom. The minimum absolute atomic E-state index is 0.286. The lowest BCUT2D eigenvalue weighted by atomic mass is 10.1. The van der Waals surface area contributed by atoms with Crippen LogP contribution in [0.5, 0.6) is 0 Å². The Hall–Kier alpha value is -0.770. The Morgan fingerprint density at radius 3 is 2.06 bits per heavy atom. The fourth-order valence-corrected chi connectivity index (χ4v) is 1.66. The average molecular weight is 279 g/mol. The van der Waals surface area contributed by atoms with Crippen molar-refractivity contribution in [2.75, 3.05) is 19.1 Å². The predicted octanol–water partition coefficient (Wildman–Crippen LogP) is 3.06. The summed E-state index contributed by atoms with van der Waals surface area (Å²) in [6, 6.07) is 0. The van der Waals surface area contributed by atoms with Crippen molar-refractivity contribution in [3.8, 4) is 0 Å². The molecule has 0 aromatic rings. The molecule has 0 aromatic carbocycles. The lowest BCUT2D eigenvalue weighted by Crippen LogP contribution is -2.14. The molecule has 0 atom stereocenters. The molecular formula is C13H23ClO4. The minimum Gasteiger partial charge on any atom is -0.466 e. The Bertz CT molecular complexity index is 231. The van der Waals surface area contributed by atoms with Gasteiger partial charge in [0.25, 0.3) is 0 Å². The molecule has 4 nitrogen and oxygen atoms in total. The van der Waals surface area contributed by atoms with E-state index in [2.05, 4.69) is 4.74 Å². The van der Waals surface area contributed by atoms with E-state index in [1.165, 1.54) is 6.42 Å². The Morgan fingerprint density at radius 1 is 0.889 bits per heavy atom. The molecule has 0 aliphatic heterocycles. The summed E-state index contributed by atoms with van der Waals surface area (Å²) in [5, 5.41) is 0. The summed E-state index contributed by atoms with van der Waals surface area (Å²) >= 11 is 5.57. The van der Waals surface area contributed by atoms with Gasteiger partial charge >= 0.3 is 11.9 Å². The number of rotatable bonds is 11. The summed E-state index contributed by atoms with van der Waals surface area (Å²) in [5.41, 5.74) is 0. The highest BCUT2D eigenvalue weighted by atomic mass is 35.5. The maximum atomic E-state index is 11.2. The van der Waals surface area contributed by atoms with Crippen LogP contribution in [0.4, 0.5) is 0 Å². The van der Waals surface area contributed by atoms with E-state index in [4.69, 9.17) is 16.3 Å². The summed E-state index contributed by atoms with van der Waals surface area (Å²) < 4.78 is 9.57. The molecule has 0 saturated heterocycles. The van der Waals surface area contributed by atoms with Gasteiger partial charge in [0.15, 0.2) is 0 Å². The van der Waals surface area contributed by atoms with Crippen LogP contribution in [-0.2, 0) is 19.1 Å². The maximum Gasteiger partial charge on any atom is 0.317 e. The molecule has 5 heteroatoms. The van der Waals surface area contributed by atoms with Crippen LogP contribution in [0.3, 0.4) is 0 Å². The minimum atomic E-state index is -0.524. The Labute approximate surface area is 114 Å². The van der Waals surface area contributed by atoms with E-state index in [9.17, 15) is 9.59 Å². The number of hydrogen-bond acceptors (Lipinski definition) is 4. The van der Waals surface area contributed by atoms with Crippen molar-refractivity contribution in [2.24, 2.45) is 0 Å². The Balaban J connectivity index is 3.27. The van der Waals surface area contributed by atoms with Gasteiger partial charge in [-0.2, -0.15) is 0 Å². The van der Waals surface area contributed by atoms with E-state index in [1.807, 2.05) is 0 Å². The molecule has 0 unspecified atom stereocenters. The van der Waals surface area contributed by atoms with Crippen LogP contribution < -0.4 is 0 Å². The molecule has 0 aliphatic carbocycles. The van der Waals surface area contributed by atoms with Gasteiger partial charge in [-0.15, -0.1) is 11.6 Å². The zero-order chi connectivity index (χ0) is 13.6. The van der Waals surface area contributed by atoms with Gasteiger partial charge in [-0.1, -0.05) is 25.7 Å². The Kier molecular flexibility index (Phi) is 12.1. The molecule has 0 amide bonds. The summed E-state index contributed by atoms with van der Waals surface area (Å²) in [4.78, 5) is 22.1. The highest BCUT2D eigenvalue weighted by Gasteiger charge is 2.10. The monoisotopic (exact) mass is 278 g/mol. The van der Waals surface area contributed by atoms with Gasteiger partial charge in [0, 0.05) is 5.88 Å². The van der Waals surface area contributed by atoms with Gasteiger partial charge in [0.2, 0.25) is 0 Å². The van der Waals surface area contributed by atoms with Crippen LogP contribution in [0.2, 0.25) is 0 Å². The second kappa shape index (κ2) is 12.7. The van der Waals surface area contributed by atoms with Crippen LogP contribution in [0, 0.1) is 0 Å². The van der Waals surface area contributed by atoms with Crippen molar-refractivity contribution in [1.29, 1.82) is 0 Å². The number of ether oxygens (including phenoxy) is 2. The number of alkyl halides is 1. The van der Waals surface area contributed by atoms with Crippen molar-refractivity contribution in [2.45, 2.75) is 51.9 Å². The molecule has 106 valence electrons. The maximum absolute atomic E-state index is 11.2. The second-order valence-corrected chi connectivity index (χ2v) is 4.39. The summed E-state index contributed by atoms with van der Waals surface area (Å²) in [5.74, 6) is -0.301. The average Bonchev–Trinajstić information content (AvgIpc) is 2.32. The van der Waals surface area contributed by atoms with Crippen molar-refractivity contribution < 1.29 is 19.1 Å². The molecule has 0 aliphatic rings. The highest BCUT2D eigenvalue weighted by Crippen LogP contribution is 2.06. The van der Waals surface area contributed by atoms with Gasteiger partial charge < -0.3 is 9.47 Å². The van der Waals surface area contributed by atoms with Gasteiger partial charge in [-0.05, 0) is 19.8 Å². The van der Waals surface area contributed by atoms with Crippen LogP contribution in [0.15, 0.2) is 0 Å². The summed E-state index contributed by atoms with van der Waals surface area (Å²) in [7, 11) is 0. The topological polar surface area (TPSA) is 52.6 Å². The first-order valence-corrected chi connectivity index (χ1v) is 7.11. The van der Waals surface area contributed by atoms with Crippen LogP contribution in [0.25, 0.3) is 0 Å². The fourth-order valence-electron chi connectivity index (χ4n) is 1.47. The van der Waals surface area contributed by atoms with E-state index in [1.54, 1.807) is 6.92 Å². The quantitative estimate of drug-likeness (QED) is 0.252. The molecule has 0 radical (unpaired) electrons. The zero-order valence-electron chi connectivity index (χ0n) is 11.1. The van der Waals surface area contributed by atoms with Crippen LogP contribution in [0.1, 0.15) is 51.9 Å². The van der Waals surface area contributed by atoms with E-state index < -0.39 is 11.9 Å². The first-order valence-electron chi connectivity index (χ1n) is 6.58. The SMILES string of the molecule is CCOC(=O)CC(=O)OCCCCCCCCCl. The molecule has 0 saturated carbocycles. The molecule has 0 rings (SSSR count). The molecule has 0 aromatic heterocycles. The van der Waals surface area contributed by atoms with Gasteiger partial charge in [0.1, 0.15) is 6.42 Å². The molecule has 0 bridgehead atoms. The number of carbonyl (C=O) groups is 2. The lowest BCUT2D eigenvalue weighted by molar-refractivity contribution is -0.154. The van der Waals surface area contributed by atoms with Crippen molar-refractivity contribution >= 4 is 23.5 Å². The third kappa shape index (κ3) is 11.7. The largest absolute Gasteiger partial charge is 0.466 e. The van der Waals surface area contributed by atoms with Crippen LogP contribution in [-0.4, -0.2) is 31.0 Å². The number of halogens is 1. The van der Waals surface area contributed by atoms with Gasteiger partial charge in [-0.3, -0.25) is 9.59 Å². The van der Waals surface area contributed by atoms with Gasteiger partial charge in [-0.25, -0.2) is 0 Å². The standard InChI is InChI=1S/C13H23ClO4/c1-2-17-12(15)11-13(16)18-10-8-6-4-3-5-7-9-14/h2-11H2,1H3. The lowest BCUT2D eigenvalue weighted by Gasteiger charge is -2.04. The molecule has 0 spiro atoms. The van der Waals surface area contributed by atoms with Crippen molar-refractivity contribution in [3.63, 3.8) is 0 Å². The highest BCUT2D eigenvalue weighted by molar-refractivity contribution is 6.17. The normalized spacial score (nSPS) is 10.1. The molecular weight excluding hydrogens is 256 g/mol. The van der Waals surface area contributed by atoms with E-state index in [-0.39, 0.29) is 13.0 Å². The molecule has 0 heterocycles. The number of hydrogen-bond donors (Lipinski definition) is 0. The zero-order valence-corrected chi connectivity index (χ0v) is 11.8. The number of carbonyl (C=O) groups excluding carboxylic acids is 2. The third-order valence-electron chi connectivity index (χ3n) is 2.39. The predicted molar refractivity (Wildman–Crippen MR) is 70.6 cm³/mol. The number of unbranched alkanes of at least 4 members (excludes halogenated alkanes) is 5. The van der Waals surface area contributed by atoms with Crippen molar-refractivity contribution in [3.05, 3.63) is 0 Å². The number of esters is 2. The van der Waals surface area contributed by atoms with E-state index >= 15 is 0 Å². The molecule has 18 heavy (non-hydrogen) atoms. The van der Waals surface area contributed by atoms with E-state index in [0.717, 1.165) is 38.0 Å². The fraction of sp³-hybridized carbons (Fsp3) is 0.846. The molecule has 0 fully saturated rings. The second-order valence-electron chi connectivity index (χ2n) is 4.01. The smallest absolute Gasteiger partial charge is 0.317 e. The molecule has 0 N–H and O–H groups in total. The first-order chi connectivity index (χ1) is 8.70. The van der Waals surface area contributed by atoms with Crippen molar-refractivity contribution in [1.82, 2.24) is 0 Å². The third-order valence-corrected chi connectivity index (χ3v) is 2.65. The first kappa shape index (κ1) is 17.2. The van der Waals surface area contributed by atoms with Crippen LogP contribution >= 0.6 is 11.6 Å².